The van der Waals surface area contributed by atoms with E-state index in [9.17, 15) is 0 Å². The maximum Gasteiger partial charge on any atom is 0.451 e. The van der Waals surface area contributed by atoms with Crippen LogP contribution in [0.4, 0.5) is 11.4 Å². The van der Waals surface area contributed by atoms with Crippen LogP contribution in [0.1, 0.15) is 149 Å². The van der Waals surface area contributed by atoms with E-state index in [-0.39, 0.29) is 5.75 Å². The lowest BCUT2D eigenvalue weighted by molar-refractivity contribution is 0.291. The first kappa shape index (κ1) is 83.2. The molecule has 3 heterocycles. The van der Waals surface area contributed by atoms with Gasteiger partial charge < -0.3 is 50.1 Å². The zero-order chi connectivity index (χ0) is 58.7. The average Bonchev–Trinajstić information content (AvgIpc) is 3.48. The number of aromatic hydroxyl groups is 1. The van der Waals surface area contributed by atoms with Crippen molar-refractivity contribution in [3.8, 4) is 11.5 Å². The van der Waals surface area contributed by atoms with Crippen molar-refractivity contribution < 1.29 is 19.9 Å². The second kappa shape index (κ2) is 65.1. The van der Waals surface area contributed by atoms with Crippen LogP contribution in [0, 0.1) is 0 Å². The predicted molar refractivity (Wildman–Crippen MR) is 347 cm³/mol. The lowest BCUT2D eigenvalue weighted by Crippen LogP contribution is -2.44. The predicted octanol–water partition coefficient (Wildman–Crippen LogP) is 15.6. The Morgan fingerprint density at radius 2 is 0.800 bits per heavy atom. The Labute approximate surface area is 482 Å². The van der Waals surface area contributed by atoms with E-state index in [1.165, 1.54) is 74.4 Å². The summed E-state index contributed by atoms with van der Waals surface area (Å²) in [7, 11) is 3.24. The third kappa shape index (κ3) is 45.6. The Hall–Kier alpha value is -3.14. The van der Waals surface area contributed by atoms with E-state index in [1.54, 1.807) is 25.1 Å². The standard InChI is InChI=1S/C14H22N2.C13H20N2.C8H9BrO.C6H5BrO.C5H12N2.C2H7BO2.7C2H6/c1-3-6-13-7-4-5-8-14(13)16-11-9-15(2)10-12-16;1-2-5-12-6-3-4-7-13(12)15-10-8-14-9-11-15;1-2-10-8-6-4-3-5-7(8)9;7-5-3-1-2-4-6(5)8;1-7-4-2-6-3-5-7;1-2-3(4)5;7*1-2/h4-5,7-8H,3,6,9-12H2,1-2H3;3-4,6-7,14H,2,5,8-11H2,1H3;3-6H,2H2,1H3;1-4,8H;6H,2-5H2,1H3;4-5H,2H2,1H3;7*1-2H3. The molecular formula is C62H117BBr2N6O4. The Kier molecular flexibility index (Phi) is 72.3. The molecule has 3 fully saturated rings. The molecule has 4 aromatic carbocycles. The number of piperazine rings is 3. The van der Waals surface area contributed by atoms with E-state index in [2.05, 4.69) is 139 Å². The molecule has 0 amide bonds. The Morgan fingerprint density at radius 1 is 0.467 bits per heavy atom. The van der Waals surface area contributed by atoms with E-state index >= 15 is 0 Å². The number of aryl methyl sites for hydroxylation is 2. The summed E-state index contributed by atoms with van der Waals surface area (Å²) in [6.07, 6.45) is 5.26. The number of para-hydroxylation sites is 4. The molecule has 75 heavy (non-hydrogen) atoms. The Bertz CT molecular complexity index is 1670. The highest BCUT2D eigenvalue weighted by Crippen LogP contribution is 2.25. The maximum absolute atomic E-state index is 8.87. The molecule has 436 valence electrons. The molecule has 0 aliphatic carbocycles. The van der Waals surface area contributed by atoms with Crippen molar-refractivity contribution in [1.29, 1.82) is 0 Å². The number of phenolic OH excluding ortho intramolecular Hbond substituents is 1. The molecule has 3 aliphatic rings. The van der Waals surface area contributed by atoms with Crippen molar-refractivity contribution in [2.75, 3.05) is 109 Å². The topological polar surface area (TPSA) is 107 Å². The van der Waals surface area contributed by atoms with Gasteiger partial charge in [0.2, 0.25) is 0 Å². The van der Waals surface area contributed by atoms with Gasteiger partial charge in [-0.25, -0.2) is 0 Å². The first-order chi connectivity index (χ1) is 36.5. The molecule has 13 heteroatoms. The Morgan fingerprint density at radius 3 is 1.12 bits per heavy atom. The van der Waals surface area contributed by atoms with Crippen LogP contribution in [-0.2, 0) is 12.8 Å². The summed E-state index contributed by atoms with van der Waals surface area (Å²) in [5, 5.41) is 31.4. The van der Waals surface area contributed by atoms with E-state index in [4.69, 9.17) is 19.9 Å². The van der Waals surface area contributed by atoms with Gasteiger partial charge in [-0.3, -0.25) is 0 Å². The van der Waals surface area contributed by atoms with Gasteiger partial charge in [-0.2, -0.15) is 0 Å². The summed E-state index contributed by atoms with van der Waals surface area (Å²) in [4.78, 5) is 9.77. The van der Waals surface area contributed by atoms with Crippen molar-refractivity contribution in [3.63, 3.8) is 0 Å². The van der Waals surface area contributed by atoms with Crippen LogP contribution < -0.4 is 25.2 Å². The number of rotatable bonds is 9. The minimum atomic E-state index is -1.12. The minimum absolute atomic E-state index is 0.285. The van der Waals surface area contributed by atoms with Crippen molar-refractivity contribution >= 4 is 50.4 Å². The zero-order valence-electron chi connectivity index (χ0n) is 51.8. The number of hydrogen-bond acceptors (Lipinski definition) is 10. The highest BCUT2D eigenvalue weighted by atomic mass is 79.9. The maximum atomic E-state index is 8.87. The normalized spacial score (nSPS) is 12.8. The molecule has 0 unspecified atom stereocenters. The summed E-state index contributed by atoms with van der Waals surface area (Å²) < 4.78 is 7.04. The second-order valence-electron chi connectivity index (χ2n) is 15.0. The molecule has 0 spiro atoms. The summed E-state index contributed by atoms with van der Waals surface area (Å²) in [6.45, 7) is 50.8. The van der Waals surface area contributed by atoms with E-state index in [1.807, 2.05) is 134 Å². The number of nitrogens with one attached hydrogen (secondary N) is 2. The first-order valence-electron chi connectivity index (χ1n) is 29.1. The van der Waals surface area contributed by atoms with E-state index in [0.717, 1.165) is 67.1 Å². The Balaban J connectivity index is -0.000000187. The third-order valence-corrected chi connectivity index (χ3v) is 11.3. The zero-order valence-corrected chi connectivity index (χ0v) is 55.0. The monoisotopic (exact) mass is 1180 g/mol. The molecule has 4 aromatic rings. The van der Waals surface area contributed by atoms with Gasteiger partial charge in [-0.15, -0.1) is 0 Å². The number of benzene rings is 4. The van der Waals surface area contributed by atoms with Gasteiger partial charge in [-0.1, -0.05) is 191 Å². The van der Waals surface area contributed by atoms with Gasteiger partial charge in [-0.05, 0) is 120 Å². The van der Waals surface area contributed by atoms with Crippen molar-refractivity contribution in [2.24, 2.45) is 0 Å². The van der Waals surface area contributed by atoms with Crippen LogP contribution in [0.15, 0.2) is 106 Å². The van der Waals surface area contributed by atoms with Gasteiger partial charge in [0.25, 0.3) is 0 Å². The van der Waals surface area contributed by atoms with Crippen LogP contribution in [0.5, 0.6) is 11.5 Å². The number of phenols is 1. The fourth-order valence-corrected chi connectivity index (χ4v) is 7.18. The summed E-state index contributed by atoms with van der Waals surface area (Å²) in [5.74, 6) is 1.19. The fourth-order valence-electron chi connectivity index (χ4n) is 6.50. The largest absolute Gasteiger partial charge is 0.507 e. The molecule has 0 saturated carbocycles. The van der Waals surface area contributed by atoms with Crippen LogP contribution in [-0.4, -0.2) is 131 Å². The quantitative estimate of drug-likeness (QED) is 0.104. The summed E-state index contributed by atoms with van der Waals surface area (Å²) in [6, 6.07) is 32.6. The highest BCUT2D eigenvalue weighted by molar-refractivity contribution is 9.10. The molecule has 0 bridgehead atoms. The lowest BCUT2D eigenvalue weighted by Gasteiger charge is -2.35. The molecule has 5 N–H and O–H groups in total. The molecule has 7 rings (SSSR count). The van der Waals surface area contributed by atoms with Gasteiger partial charge in [0.05, 0.1) is 15.6 Å². The minimum Gasteiger partial charge on any atom is -0.507 e. The number of halogens is 2. The number of likely N-dealkylation sites (N-methyl/N-ethyl adjacent to an activating group) is 2. The average molecular weight is 1180 g/mol. The first-order valence-corrected chi connectivity index (χ1v) is 30.7. The second-order valence-corrected chi connectivity index (χ2v) is 16.8. The van der Waals surface area contributed by atoms with Crippen LogP contribution in [0.3, 0.4) is 0 Å². The van der Waals surface area contributed by atoms with Gasteiger partial charge in [0.1, 0.15) is 11.5 Å². The lowest BCUT2D eigenvalue weighted by atomic mass is 9.88. The number of hydrogen-bond donors (Lipinski definition) is 5. The van der Waals surface area contributed by atoms with E-state index in [0.29, 0.717) is 12.9 Å². The van der Waals surface area contributed by atoms with Gasteiger partial charge in [0.15, 0.2) is 0 Å². The molecule has 10 nitrogen and oxygen atoms in total. The molecule has 0 aromatic heterocycles. The number of nitrogens with zero attached hydrogens (tertiary/aromatic N) is 4. The summed E-state index contributed by atoms with van der Waals surface area (Å²) in [5.41, 5.74) is 5.91. The summed E-state index contributed by atoms with van der Waals surface area (Å²) >= 11 is 6.52. The third-order valence-electron chi connectivity index (χ3n) is 10.0. The molecular weight excluding hydrogens is 1060 g/mol. The van der Waals surface area contributed by atoms with Crippen LogP contribution >= 0.6 is 31.9 Å². The van der Waals surface area contributed by atoms with Crippen molar-refractivity contribution in [1.82, 2.24) is 20.4 Å². The van der Waals surface area contributed by atoms with Gasteiger partial charge >= 0.3 is 7.12 Å². The smallest absolute Gasteiger partial charge is 0.451 e. The van der Waals surface area contributed by atoms with Gasteiger partial charge in [0, 0.05) is 89.9 Å². The highest BCUT2D eigenvalue weighted by Gasteiger charge is 2.16. The molecule has 3 aliphatic heterocycles. The van der Waals surface area contributed by atoms with Crippen molar-refractivity contribution in [2.45, 2.75) is 157 Å². The van der Waals surface area contributed by atoms with Crippen LogP contribution in [0.2, 0.25) is 6.32 Å². The molecule has 0 atom stereocenters. The van der Waals surface area contributed by atoms with Crippen molar-refractivity contribution in [3.05, 3.63) is 117 Å². The van der Waals surface area contributed by atoms with Crippen LogP contribution in [0.25, 0.3) is 0 Å². The van der Waals surface area contributed by atoms with E-state index < -0.39 is 7.12 Å². The number of anilines is 2. The fraction of sp³-hybridized carbons (Fsp3) is 0.613. The molecule has 3 saturated heterocycles. The molecule has 0 radical (unpaired) electrons. The SMILES string of the molecule is CC.CC.CC.CC.CC.CC.CC.CCB(O)O.CCCc1ccccc1N1CCN(C)CC1.CCCc1ccccc1N1CCNCC1.CCOc1ccccc1Br.CN1CCNCC1.Oc1ccccc1Br. The number of ether oxygens (including phenoxy) is 1.